The van der Waals surface area contributed by atoms with Crippen LogP contribution in [0, 0.1) is 0 Å². The molecule has 0 spiro atoms. The Kier molecular flexibility index (Phi) is 3.87. The van der Waals surface area contributed by atoms with Gasteiger partial charge in [0.1, 0.15) is 0 Å². The van der Waals surface area contributed by atoms with Gasteiger partial charge in [-0.15, -0.1) is 10.2 Å². The molecule has 5 heteroatoms. The molecule has 0 fully saturated rings. The second-order valence-corrected chi connectivity index (χ2v) is 5.23. The third-order valence-electron chi connectivity index (χ3n) is 3.70. The van der Waals surface area contributed by atoms with E-state index in [1.54, 1.807) is 0 Å². The number of rotatable bonds is 4. The van der Waals surface area contributed by atoms with Crippen molar-refractivity contribution in [3.8, 4) is 0 Å². The number of hydrogen-bond acceptors (Lipinski definition) is 3. The van der Waals surface area contributed by atoms with Gasteiger partial charge in [-0.2, -0.15) is 0 Å². The summed E-state index contributed by atoms with van der Waals surface area (Å²) >= 11 is 0. The lowest BCUT2D eigenvalue weighted by Crippen LogP contribution is -2.28. The van der Waals surface area contributed by atoms with Gasteiger partial charge < -0.3 is 5.32 Å². The summed E-state index contributed by atoms with van der Waals surface area (Å²) in [6, 6.07) is 13.1. The van der Waals surface area contributed by atoms with E-state index in [0.29, 0.717) is 11.4 Å². The van der Waals surface area contributed by atoms with E-state index >= 15 is 0 Å². The van der Waals surface area contributed by atoms with Crippen molar-refractivity contribution in [3.63, 3.8) is 0 Å². The summed E-state index contributed by atoms with van der Waals surface area (Å²) in [5, 5.41) is 11.2. The summed E-state index contributed by atoms with van der Waals surface area (Å²) < 4.78 is 1.88. The maximum Gasteiger partial charge on any atom is 0.251 e. The maximum atomic E-state index is 12.3. The molecule has 1 aromatic carbocycles. The topological polar surface area (TPSA) is 59.3 Å². The molecule has 0 aliphatic rings. The maximum absolute atomic E-state index is 12.3. The van der Waals surface area contributed by atoms with E-state index in [-0.39, 0.29) is 11.9 Å². The summed E-state index contributed by atoms with van der Waals surface area (Å²) in [6.07, 6.45) is 2.85. The normalized spacial score (nSPS) is 12.3. The van der Waals surface area contributed by atoms with Gasteiger partial charge in [-0.25, -0.2) is 0 Å². The van der Waals surface area contributed by atoms with Gasteiger partial charge >= 0.3 is 0 Å². The van der Waals surface area contributed by atoms with Crippen LogP contribution in [-0.2, 0) is 6.42 Å². The van der Waals surface area contributed by atoms with E-state index in [9.17, 15) is 4.79 Å². The van der Waals surface area contributed by atoms with Crippen molar-refractivity contribution in [3.05, 3.63) is 65.6 Å². The van der Waals surface area contributed by atoms with Gasteiger partial charge in [0, 0.05) is 11.8 Å². The molecule has 0 bridgehead atoms. The molecule has 1 N–H and O–H groups in total. The Bertz CT molecular complexity index is 792. The summed E-state index contributed by atoms with van der Waals surface area (Å²) in [5.41, 5.74) is 2.64. The van der Waals surface area contributed by atoms with Gasteiger partial charge in [0.2, 0.25) is 0 Å². The Morgan fingerprint density at radius 2 is 1.95 bits per heavy atom. The third kappa shape index (κ3) is 2.70. The third-order valence-corrected chi connectivity index (χ3v) is 3.70. The number of nitrogens with zero attached hydrogens (tertiary/aromatic N) is 3. The Balaban J connectivity index is 1.78. The van der Waals surface area contributed by atoms with Crippen molar-refractivity contribution in [1.82, 2.24) is 19.9 Å². The summed E-state index contributed by atoms with van der Waals surface area (Å²) in [5.74, 6) is 0.608. The molecular formula is C17H18N4O. The minimum atomic E-state index is -0.226. The molecule has 0 aliphatic heterocycles. The molecule has 0 saturated carbocycles. The molecule has 1 atom stereocenters. The van der Waals surface area contributed by atoms with Crippen molar-refractivity contribution in [2.45, 2.75) is 26.3 Å². The highest BCUT2D eigenvalue weighted by Gasteiger charge is 2.16. The standard InChI is InChI=1S/C17H18N4O/c1-3-13-7-9-14(10-8-13)17(22)18-12(2)16-20-19-15-6-4-5-11-21(15)16/h4-12H,3H2,1-2H3,(H,18,22). The van der Waals surface area contributed by atoms with Crippen LogP contribution in [0.2, 0.25) is 0 Å². The Labute approximate surface area is 129 Å². The highest BCUT2D eigenvalue weighted by Crippen LogP contribution is 2.13. The predicted octanol–water partition coefficient (Wildman–Crippen LogP) is 2.78. The van der Waals surface area contributed by atoms with Crippen molar-refractivity contribution in [1.29, 1.82) is 0 Å². The number of fused-ring (bicyclic) bond motifs is 1. The lowest BCUT2D eigenvalue weighted by Gasteiger charge is -2.12. The fraction of sp³-hybridized carbons (Fsp3) is 0.235. The Hall–Kier alpha value is -2.69. The zero-order valence-electron chi connectivity index (χ0n) is 12.7. The molecule has 22 heavy (non-hydrogen) atoms. The zero-order chi connectivity index (χ0) is 15.5. The van der Waals surface area contributed by atoms with Crippen molar-refractivity contribution in [2.75, 3.05) is 0 Å². The summed E-state index contributed by atoms with van der Waals surface area (Å²) in [4.78, 5) is 12.3. The lowest BCUT2D eigenvalue weighted by atomic mass is 10.1. The van der Waals surface area contributed by atoms with Gasteiger partial charge in [-0.3, -0.25) is 9.20 Å². The van der Waals surface area contributed by atoms with Gasteiger partial charge in [-0.05, 0) is 43.2 Å². The van der Waals surface area contributed by atoms with E-state index in [1.165, 1.54) is 5.56 Å². The number of carbonyl (C=O) groups excluding carboxylic acids is 1. The number of carbonyl (C=O) groups is 1. The minimum Gasteiger partial charge on any atom is -0.342 e. The van der Waals surface area contributed by atoms with Crippen LogP contribution in [0.1, 0.15) is 41.6 Å². The largest absolute Gasteiger partial charge is 0.342 e. The molecule has 2 aromatic heterocycles. The van der Waals surface area contributed by atoms with E-state index < -0.39 is 0 Å². The first-order valence-corrected chi connectivity index (χ1v) is 7.38. The quantitative estimate of drug-likeness (QED) is 0.805. The van der Waals surface area contributed by atoms with Gasteiger partial charge in [0.15, 0.2) is 11.5 Å². The molecular weight excluding hydrogens is 276 g/mol. The average Bonchev–Trinajstić information content (AvgIpc) is 2.99. The summed E-state index contributed by atoms with van der Waals surface area (Å²) in [6.45, 7) is 4.00. The van der Waals surface area contributed by atoms with Crippen molar-refractivity contribution < 1.29 is 4.79 Å². The fourth-order valence-electron chi connectivity index (χ4n) is 2.39. The second kappa shape index (κ2) is 5.97. The van der Waals surface area contributed by atoms with Crippen LogP contribution < -0.4 is 5.32 Å². The first-order chi connectivity index (χ1) is 10.7. The molecule has 1 unspecified atom stereocenters. The molecule has 3 rings (SSSR count). The van der Waals surface area contributed by atoms with Crippen LogP contribution in [0.3, 0.4) is 0 Å². The molecule has 3 aromatic rings. The minimum absolute atomic E-state index is 0.108. The fourth-order valence-corrected chi connectivity index (χ4v) is 2.39. The van der Waals surface area contributed by atoms with E-state index in [2.05, 4.69) is 22.4 Å². The van der Waals surface area contributed by atoms with Crippen LogP contribution in [0.15, 0.2) is 48.7 Å². The van der Waals surface area contributed by atoms with Crippen LogP contribution in [0.5, 0.6) is 0 Å². The number of amides is 1. The lowest BCUT2D eigenvalue weighted by molar-refractivity contribution is 0.0938. The summed E-state index contributed by atoms with van der Waals surface area (Å²) in [7, 11) is 0. The molecule has 112 valence electrons. The molecule has 0 aliphatic carbocycles. The monoisotopic (exact) mass is 294 g/mol. The van der Waals surface area contributed by atoms with Crippen molar-refractivity contribution >= 4 is 11.6 Å². The number of nitrogens with one attached hydrogen (secondary N) is 1. The van der Waals surface area contributed by atoms with E-state index in [1.807, 2.05) is 60.0 Å². The highest BCUT2D eigenvalue weighted by molar-refractivity contribution is 5.94. The highest BCUT2D eigenvalue weighted by atomic mass is 16.1. The Morgan fingerprint density at radius 3 is 2.68 bits per heavy atom. The molecule has 2 heterocycles. The molecule has 5 nitrogen and oxygen atoms in total. The average molecular weight is 294 g/mol. The van der Waals surface area contributed by atoms with Crippen LogP contribution in [0.4, 0.5) is 0 Å². The Morgan fingerprint density at radius 1 is 1.18 bits per heavy atom. The van der Waals surface area contributed by atoms with Gasteiger partial charge in [0.25, 0.3) is 5.91 Å². The van der Waals surface area contributed by atoms with Gasteiger partial charge in [0.05, 0.1) is 6.04 Å². The predicted molar refractivity (Wildman–Crippen MR) is 84.7 cm³/mol. The number of aromatic nitrogens is 3. The molecule has 0 radical (unpaired) electrons. The molecule has 1 amide bonds. The number of hydrogen-bond donors (Lipinski definition) is 1. The van der Waals surface area contributed by atoms with Crippen LogP contribution in [0.25, 0.3) is 5.65 Å². The SMILES string of the molecule is CCc1ccc(C(=O)NC(C)c2nnc3ccccn23)cc1. The second-order valence-electron chi connectivity index (χ2n) is 5.23. The smallest absolute Gasteiger partial charge is 0.251 e. The molecule has 0 saturated heterocycles. The van der Waals surface area contributed by atoms with Gasteiger partial charge in [-0.1, -0.05) is 25.1 Å². The van der Waals surface area contributed by atoms with E-state index in [0.717, 1.165) is 12.1 Å². The number of benzene rings is 1. The van der Waals surface area contributed by atoms with E-state index in [4.69, 9.17) is 0 Å². The first-order valence-electron chi connectivity index (χ1n) is 7.38. The number of aryl methyl sites for hydroxylation is 1. The van der Waals surface area contributed by atoms with Crippen LogP contribution in [-0.4, -0.2) is 20.5 Å². The number of pyridine rings is 1. The van der Waals surface area contributed by atoms with Crippen molar-refractivity contribution in [2.24, 2.45) is 0 Å². The first kappa shape index (κ1) is 14.3. The zero-order valence-corrected chi connectivity index (χ0v) is 12.7. The van der Waals surface area contributed by atoms with Crippen LogP contribution >= 0.6 is 0 Å².